The van der Waals surface area contributed by atoms with Gasteiger partial charge in [-0.25, -0.2) is 13.1 Å². The summed E-state index contributed by atoms with van der Waals surface area (Å²) < 4.78 is 27.5. The van der Waals surface area contributed by atoms with Crippen molar-refractivity contribution in [2.75, 3.05) is 0 Å². The molecule has 0 aromatic heterocycles. The van der Waals surface area contributed by atoms with E-state index in [0.717, 1.165) is 16.7 Å². The molecule has 2 N–H and O–H groups in total. The minimum atomic E-state index is -3.58. The van der Waals surface area contributed by atoms with Crippen LogP contribution in [-0.2, 0) is 27.8 Å². The van der Waals surface area contributed by atoms with Gasteiger partial charge in [-0.2, -0.15) is 0 Å². The number of rotatable bonds is 9. The summed E-state index contributed by atoms with van der Waals surface area (Å²) in [6.07, 6.45) is 0.890. The van der Waals surface area contributed by atoms with Crippen molar-refractivity contribution in [2.45, 2.75) is 37.2 Å². The summed E-state index contributed by atoms with van der Waals surface area (Å²) in [5.41, 5.74) is 2.87. The van der Waals surface area contributed by atoms with E-state index in [9.17, 15) is 13.2 Å². The van der Waals surface area contributed by atoms with E-state index in [0.29, 0.717) is 12.8 Å². The Kier molecular flexibility index (Phi) is 7.38. The Morgan fingerprint density at radius 1 is 0.833 bits per heavy atom. The predicted molar refractivity (Wildman–Crippen MR) is 118 cm³/mol. The van der Waals surface area contributed by atoms with Gasteiger partial charge < -0.3 is 5.32 Å². The van der Waals surface area contributed by atoms with Crippen LogP contribution in [0, 0.1) is 0 Å². The molecule has 0 spiro atoms. The van der Waals surface area contributed by atoms with Gasteiger partial charge in [-0.1, -0.05) is 72.8 Å². The van der Waals surface area contributed by atoms with E-state index in [-0.39, 0.29) is 23.4 Å². The van der Waals surface area contributed by atoms with Gasteiger partial charge in [0.15, 0.2) is 0 Å². The lowest BCUT2D eigenvalue weighted by Gasteiger charge is -2.14. The molecule has 0 aliphatic heterocycles. The Bertz CT molecular complexity index is 1050. The molecule has 0 saturated heterocycles. The van der Waals surface area contributed by atoms with Crippen molar-refractivity contribution in [3.8, 4) is 0 Å². The second-order valence-electron chi connectivity index (χ2n) is 7.15. The monoisotopic (exact) mass is 422 g/mol. The summed E-state index contributed by atoms with van der Waals surface area (Å²) >= 11 is 0. The number of carbonyl (C=O) groups excluding carboxylic acids is 1. The fourth-order valence-electron chi connectivity index (χ4n) is 3.09. The molecule has 0 fully saturated rings. The number of aryl methyl sites for hydroxylation is 1. The van der Waals surface area contributed by atoms with Gasteiger partial charge in [-0.3, -0.25) is 4.79 Å². The minimum Gasteiger partial charge on any atom is -0.350 e. The summed E-state index contributed by atoms with van der Waals surface area (Å²) in [5.74, 6) is -0.0346. The first kappa shape index (κ1) is 21.7. The van der Waals surface area contributed by atoms with Crippen molar-refractivity contribution in [1.29, 1.82) is 0 Å². The molecule has 3 aromatic rings. The molecule has 1 atom stereocenters. The minimum absolute atomic E-state index is 0.0346. The van der Waals surface area contributed by atoms with Crippen molar-refractivity contribution in [1.82, 2.24) is 10.0 Å². The third kappa shape index (κ3) is 6.27. The van der Waals surface area contributed by atoms with Crippen LogP contribution in [0.5, 0.6) is 0 Å². The third-order valence-electron chi connectivity index (χ3n) is 4.86. The fourth-order valence-corrected chi connectivity index (χ4v) is 4.11. The number of carbonyl (C=O) groups is 1. The summed E-state index contributed by atoms with van der Waals surface area (Å²) in [5, 5.41) is 2.99. The molecular formula is C24H26N2O3S. The highest BCUT2D eigenvalue weighted by Gasteiger charge is 2.14. The van der Waals surface area contributed by atoms with Crippen LogP contribution in [0.4, 0.5) is 0 Å². The van der Waals surface area contributed by atoms with Crippen LogP contribution in [0.2, 0.25) is 0 Å². The number of nitrogens with one attached hydrogen (secondary N) is 2. The van der Waals surface area contributed by atoms with Crippen molar-refractivity contribution in [2.24, 2.45) is 0 Å². The van der Waals surface area contributed by atoms with Crippen LogP contribution in [0.3, 0.4) is 0 Å². The second-order valence-corrected chi connectivity index (χ2v) is 8.92. The lowest BCUT2D eigenvalue weighted by molar-refractivity contribution is -0.121. The van der Waals surface area contributed by atoms with E-state index in [1.165, 1.54) is 0 Å². The topological polar surface area (TPSA) is 75.3 Å². The van der Waals surface area contributed by atoms with E-state index in [2.05, 4.69) is 10.0 Å². The van der Waals surface area contributed by atoms with Gasteiger partial charge in [0.1, 0.15) is 0 Å². The van der Waals surface area contributed by atoms with Gasteiger partial charge in [-0.15, -0.1) is 0 Å². The number of sulfonamides is 1. The molecule has 0 aliphatic carbocycles. The Labute approximate surface area is 178 Å². The van der Waals surface area contributed by atoms with E-state index in [4.69, 9.17) is 0 Å². The molecule has 3 rings (SSSR count). The molecule has 1 amide bonds. The SMILES string of the molecule is C[C@H](NC(=O)CCc1ccc(S(=O)(=O)NCc2ccccc2)cc1)c1ccccc1. The molecule has 5 nitrogen and oxygen atoms in total. The highest BCUT2D eigenvalue weighted by Crippen LogP contribution is 2.14. The number of hydrogen-bond donors (Lipinski definition) is 2. The highest BCUT2D eigenvalue weighted by atomic mass is 32.2. The predicted octanol–water partition coefficient (Wildman–Crippen LogP) is 3.98. The zero-order chi connectivity index (χ0) is 21.4. The molecule has 0 aliphatic rings. The van der Waals surface area contributed by atoms with E-state index < -0.39 is 10.0 Å². The maximum absolute atomic E-state index is 12.5. The van der Waals surface area contributed by atoms with Gasteiger partial charge in [0.05, 0.1) is 10.9 Å². The van der Waals surface area contributed by atoms with Gasteiger partial charge >= 0.3 is 0 Å². The first-order valence-electron chi connectivity index (χ1n) is 9.91. The molecule has 0 saturated carbocycles. The first-order valence-corrected chi connectivity index (χ1v) is 11.4. The fraction of sp³-hybridized carbons (Fsp3) is 0.208. The van der Waals surface area contributed by atoms with Gasteiger partial charge in [0.25, 0.3) is 0 Å². The molecular weight excluding hydrogens is 396 g/mol. The molecule has 30 heavy (non-hydrogen) atoms. The summed E-state index contributed by atoms with van der Waals surface area (Å²) in [6, 6.07) is 25.8. The molecule has 0 bridgehead atoms. The Morgan fingerprint density at radius 3 is 2.07 bits per heavy atom. The lowest BCUT2D eigenvalue weighted by atomic mass is 10.1. The van der Waals surface area contributed by atoms with Crippen molar-refractivity contribution >= 4 is 15.9 Å². The third-order valence-corrected chi connectivity index (χ3v) is 6.28. The smallest absolute Gasteiger partial charge is 0.240 e. The molecule has 0 unspecified atom stereocenters. The van der Waals surface area contributed by atoms with E-state index in [1.807, 2.05) is 67.6 Å². The van der Waals surface area contributed by atoms with Gasteiger partial charge in [-0.05, 0) is 42.2 Å². The standard InChI is InChI=1S/C24H26N2O3S/c1-19(22-10-6-3-7-11-22)26-24(27)17-14-20-12-15-23(16-13-20)30(28,29)25-18-21-8-4-2-5-9-21/h2-13,15-16,19,25H,14,17-18H2,1H3,(H,26,27)/t19-/m0/s1. The number of amides is 1. The maximum Gasteiger partial charge on any atom is 0.240 e. The molecule has 3 aromatic carbocycles. The number of benzene rings is 3. The molecule has 0 radical (unpaired) electrons. The Morgan fingerprint density at radius 2 is 1.43 bits per heavy atom. The van der Waals surface area contributed by atoms with Gasteiger partial charge in [0.2, 0.25) is 15.9 Å². The number of hydrogen-bond acceptors (Lipinski definition) is 3. The Balaban J connectivity index is 1.50. The van der Waals surface area contributed by atoms with E-state index in [1.54, 1.807) is 24.3 Å². The van der Waals surface area contributed by atoms with Crippen LogP contribution in [0.15, 0.2) is 89.8 Å². The normalized spacial score (nSPS) is 12.3. The van der Waals surface area contributed by atoms with Crippen LogP contribution < -0.4 is 10.0 Å². The zero-order valence-corrected chi connectivity index (χ0v) is 17.7. The van der Waals surface area contributed by atoms with Crippen LogP contribution >= 0.6 is 0 Å². The second kappa shape index (κ2) is 10.2. The van der Waals surface area contributed by atoms with E-state index >= 15 is 0 Å². The molecule has 156 valence electrons. The largest absolute Gasteiger partial charge is 0.350 e. The zero-order valence-electron chi connectivity index (χ0n) is 16.9. The highest BCUT2D eigenvalue weighted by molar-refractivity contribution is 7.89. The van der Waals surface area contributed by atoms with Crippen molar-refractivity contribution < 1.29 is 13.2 Å². The lowest BCUT2D eigenvalue weighted by Crippen LogP contribution is -2.26. The average Bonchev–Trinajstić information content (AvgIpc) is 2.78. The van der Waals surface area contributed by atoms with Crippen molar-refractivity contribution in [3.63, 3.8) is 0 Å². The van der Waals surface area contributed by atoms with Crippen LogP contribution in [0.25, 0.3) is 0 Å². The molecule has 6 heteroatoms. The first-order chi connectivity index (χ1) is 14.4. The van der Waals surface area contributed by atoms with Crippen LogP contribution in [0.1, 0.15) is 36.1 Å². The summed E-state index contributed by atoms with van der Waals surface area (Å²) in [6.45, 7) is 2.19. The maximum atomic E-state index is 12.5. The average molecular weight is 423 g/mol. The van der Waals surface area contributed by atoms with Gasteiger partial charge in [0, 0.05) is 13.0 Å². The van der Waals surface area contributed by atoms with Crippen molar-refractivity contribution in [3.05, 3.63) is 102 Å². The summed E-state index contributed by atoms with van der Waals surface area (Å²) in [7, 11) is -3.58. The molecule has 0 heterocycles. The Hall–Kier alpha value is -2.96. The summed E-state index contributed by atoms with van der Waals surface area (Å²) in [4.78, 5) is 12.4. The van der Waals surface area contributed by atoms with Crippen LogP contribution in [-0.4, -0.2) is 14.3 Å². The quantitative estimate of drug-likeness (QED) is 0.548.